The zero-order valence-corrected chi connectivity index (χ0v) is 18.5. The minimum absolute atomic E-state index is 0.0619. The van der Waals surface area contributed by atoms with Crippen molar-refractivity contribution in [1.82, 2.24) is 24.9 Å². The molecule has 0 radical (unpaired) electrons. The zero-order valence-electron chi connectivity index (χ0n) is 18.5. The second kappa shape index (κ2) is 8.58. The number of pyridine rings is 1. The molecular formula is C22H29FN6O2. The third-order valence-corrected chi connectivity index (χ3v) is 4.68. The predicted molar refractivity (Wildman–Crippen MR) is 118 cm³/mol. The number of hydrogen-bond acceptors (Lipinski definition) is 6. The van der Waals surface area contributed by atoms with Crippen LogP contribution in [-0.2, 0) is 0 Å². The Labute approximate surface area is 180 Å². The van der Waals surface area contributed by atoms with Crippen LogP contribution in [0.15, 0.2) is 36.8 Å². The number of alkyl halides is 1. The molecule has 31 heavy (non-hydrogen) atoms. The highest BCUT2D eigenvalue weighted by molar-refractivity contribution is 5.99. The lowest BCUT2D eigenvalue weighted by atomic mass is 9.97. The number of nitrogens with zero attached hydrogens (tertiary/aromatic N) is 4. The van der Waals surface area contributed by atoms with E-state index in [0.717, 1.165) is 5.56 Å². The van der Waals surface area contributed by atoms with Gasteiger partial charge in [0.2, 0.25) is 0 Å². The van der Waals surface area contributed by atoms with Crippen molar-refractivity contribution in [2.75, 3.05) is 18.4 Å². The summed E-state index contributed by atoms with van der Waals surface area (Å²) >= 11 is 0. The molecule has 0 aliphatic rings. The van der Waals surface area contributed by atoms with Crippen LogP contribution in [0.5, 0.6) is 0 Å². The fourth-order valence-electron chi connectivity index (χ4n) is 2.80. The topological polar surface area (TPSA) is 104 Å². The van der Waals surface area contributed by atoms with Gasteiger partial charge in [0.05, 0.1) is 17.8 Å². The number of halogens is 1. The first kappa shape index (κ1) is 22.6. The van der Waals surface area contributed by atoms with Gasteiger partial charge in [-0.1, -0.05) is 20.8 Å². The highest BCUT2D eigenvalue weighted by atomic mass is 19.1. The van der Waals surface area contributed by atoms with E-state index in [2.05, 4.69) is 46.5 Å². The van der Waals surface area contributed by atoms with Gasteiger partial charge in [-0.05, 0) is 31.4 Å². The van der Waals surface area contributed by atoms with Crippen molar-refractivity contribution in [2.45, 2.75) is 46.4 Å². The SMILES string of the molecule is CC(C)(C)CNc1c(C(=O)NCC(F)C(C)(C)O)cnc2cc(-c3cccnc3)nn12. The monoisotopic (exact) mass is 428 g/mol. The van der Waals surface area contributed by atoms with Crippen LogP contribution in [0.4, 0.5) is 10.2 Å². The molecule has 9 heteroatoms. The molecule has 0 aliphatic heterocycles. The van der Waals surface area contributed by atoms with Gasteiger partial charge in [-0.3, -0.25) is 9.78 Å². The Hall–Kier alpha value is -3.07. The summed E-state index contributed by atoms with van der Waals surface area (Å²) in [5.74, 6) is -0.0395. The van der Waals surface area contributed by atoms with Crippen molar-refractivity contribution in [1.29, 1.82) is 0 Å². The minimum atomic E-state index is -1.61. The maximum absolute atomic E-state index is 14.1. The van der Waals surface area contributed by atoms with E-state index in [1.165, 1.54) is 20.0 Å². The van der Waals surface area contributed by atoms with Gasteiger partial charge >= 0.3 is 0 Å². The van der Waals surface area contributed by atoms with Crippen molar-refractivity contribution < 1.29 is 14.3 Å². The molecule has 166 valence electrons. The maximum atomic E-state index is 14.1. The summed E-state index contributed by atoms with van der Waals surface area (Å²) < 4.78 is 15.7. The number of nitrogens with one attached hydrogen (secondary N) is 2. The molecule has 0 saturated heterocycles. The largest absolute Gasteiger partial charge is 0.387 e. The summed E-state index contributed by atoms with van der Waals surface area (Å²) in [6.45, 7) is 9.18. The Kier molecular flexibility index (Phi) is 6.26. The molecule has 0 aromatic carbocycles. The van der Waals surface area contributed by atoms with Gasteiger partial charge in [0, 0.05) is 36.8 Å². The lowest BCUT2D eigenvalue weighted by molar-refractivity contribution is -0.00177. The highest BCUT2D eigenvalue weighted by Gasteiger charge is 2.28. The quantitative estimate of drug-likeness (QED) is 0.534. The first-order valence-corrected chi connectivity index (χ1v) is 10.1. The van der Waals surface area contributed by atoms with E-state index >= 15 is 0 Å². The molecule has 3 heterocycles. The van der Waals surface area contributed by atoms with Crippen LogP contribution >= 0.6 is 0 Å². The van der Waals surface area contributed by atoms with Crippen molar-refractivity contribution >= 4 is 17.4 Å². The molecule has 0 spiro atoms. The van der Waals surface area contributed by atoms with Crippen LogP contribution in [-0.4, -0.2) is 55.5 Å². The lowest BCUT2D eigenvalue weighted by Gasteiger charge is -2.23. The predicted octanol–water partition coefficient (Wildman–Crippen LogP) is 3.09. The Morgan fingerprint density at radius 1 is 1.26 bits per heavy atom. The minimum Gasteiger partial charge on any atom is -0.387 e. The van der Waals surface area contributed by atoms with E-state index in [0.29, 0.717) is 23.7 Å². The Morgan fingerprint density at radius 2 is 2.00 bits per heavy atom. The zero-order chi connectivity index (χ0) is 22.8. The van der Waals surface area contributed by atoms with Gasteiger partial charge in [0.25, 0.3) is 5.91 Å². The van der Waals surface area contributed by atoms with Crippen LogP contribution in [0.25, 0.3) is 16.9 Å². The van der Waals surface area contributed by atoms with E-state index in [-0.39, 0.29) is 17.5 Å². The smallest absolute Gasteiger partial charge is 0.256 e. The van der Waals surface area contributed by atoms with E-state index in [1.54, 1.807) is 16.9 Å². The van der Waals surface area contributed by atoms with Crippen molar-refractivity contribution in [3.8, 4) is 11.3 Å². The molecule has 3 N–H and O–H groups in total. The van der Waals surface area contributed by atoms with Crippen molar-refractivity contribution in [3.63, 3.8) is 0 Å². The fourth-order valence-corrected chi connectivity index (χ4v) is 2.80. The maximum Gasteiger partial charge on any atom is 0.256 e. The lowest BCUT2D eigenvalue weighted by Crippen LogP contribution is -2.42. The van der Waals surface area contributed by atoms with Gasteiger partial charge < -0.3 is 15.7 Å². The first-order chi connectivity index (χ1) is 14.5. The van der Waals surface area contributed by atoms with E-state index in [1.807, 2.05) is 18.2 Å². The van der Waals surface area contributed by atoms with Crippen LogP contribution in [0.3, 0.4) is 0 Å². The summed E-state index contributed by atoms with van der Waals surface area (Å²) in [5, 5.41) is 20.2. The molecule has 0 bridgehead atoms. The molecule has 0 saturated carbocycles. The number of aromatic nitrogens is 4. The number of amides is 1. The average Bonchev–Trinajstić information content (AvgIpc) is 3.13. The van der Waals surface area contributed by atoms with E-state index in [9.17, 15) is 14.3 Å². The average molecular weight is 429 g/mol. The molecule has 3 aromatic heterocycles. The summed E-state index contributed by atoms with van der Waals surface area (Å²) in [7, 11) is 0. The van der Waals surface area contributed by atoms with Crippen LogP contribution in [0.1, 0.15) is 45.0 Å². The number of carbonyl (C=O) groups is 1. The number of rotatable bonds is 7. The Morgan fingerprint density at radius 3 is 2.61 bits per heavy atom. The number of aliphatic hydroxyl groups is 1. The molecule has 1 atom stereocenters. The number of fused-ring (bicyclic) bond motifs is 1. The van der Waals surface area contributed by atoms with Crippen molar-refractivity contribution in [2.24, 2.45) is 5.41 Å². The van der Waals surface area contributed by atoms with Gasteiger partial charge in [-0.2, -0.15) is 9.61 Å². The summed E-state index contributed by atoms with van der Waals surface area (Å²) in [5.41, 5.74) is 0.679. The van der Waals surface area contributed by atoms with Gasteiger partial charge in [0.1, 0.15) is 17.6 Å². The van der Waals surface area contributed by atoms with Crippen LogP contribution in [0.2, 0.25) is 0 Å². The number of hydrogen-bond donors (Lipinski definition) is 3. The Balaban J connectivity index is 1.98. The first-order valence-electron chi connectivity index (χ1n) is 10.1. The third-order valence-electron chi connectivity index (χ3n) is 4.68. The van der Waals surface area contributed by atoms with Gasteiger partial charge in [0.15, 0.2) is 5.65 Å². The standard InChI is InChI=1S/C22H29FN6O2/c1-21(2,3)13-27-19-15(20(30)26-12-17(23)22(4,5)31)11-25-18-9-16(28-29(18)19)14-7-6-8-24-10-14/h6-11,17,27,31H,12-13H2,1-5H3,(H,26,30). The summed E-state index contributed by atoms with van der Waals surface area (Å²) in [6, 6.07) is 5.52. The van der Waals surface area contributed by atoms with Crippen molar-refractivity contribution in [3.05, 3.63) is 42.4 Å². The molecule has 1 unspecified atom stereocenters. The second-order valence-electron chi connectivity index (χ2n) is 9.31. The fraction of sp³-hybridized carbons (Fsp3) is 0.455. The molecule has 3 rings (SSSR count). The van der Waals surface area contributed by atoms with E-state index < -0.39 is 17.7 Å². The number of anilines is 1. The molecule has 0 aliphatic carbocycles. The summed E-state index contributed by atoms with van der Waals surface area (Å²) in [6.07, 6.45) is 3.22. The second-order valence-corrected chi connectivity index (χ2v) is 9.31. The Bertz CT molecular complexity index is 1050. The van der Waals surface area contributed by atoms with Crippen LogP contribution in [0, 0.1) is 5.41 Å². The molecule has 8 nitrogen and oxygen atoms in total. The normalized spacial score (nSPS) is 13.3. The molecule has 1 amide bonds. The number of carbonyl (C=O) groups excluding carboxylic acids is 1. The van der Waals surface area contributed by atoms with Crippen LogP contribution < -0.4 is 10.6 Å². The van der Waals surface area contributed by atoms with Gasteiger partial charge in [-0.15, -0.1) is 0 Å². The molecular weight excluding hydrogens is 399 g/mol. The van der Waals surface area contributed by atoms with E-state index in [4.69, 9.17) is 0 Å². The third kappa shape index (κ3) is 5.55. The molecule has 3 aromatic rings. The van der Waals surface area contributed by atoms with Gasteiger partial charge in [-0.25, -0.2) is 9.37 Å². The molecule has 0 fully saturated rings. The summed E-state index contributed by atoms with van der Waals surface area (Å²) in [4.78, 5) is 21.3. The highest BCUT2D eigenvalue weighted by Crippen LogP contribution is 2.24.